The van der Waals surface area contributed by atoms with Gasteiger partial charge in [-0.3, -0.25) is 4.90 Å². The molecule has 1 aromatic rings. The molecule has 1 saturated carbocycles. The number of carbonyl (C=O) groups is 1. The second-order valence-corrected chi connectivity index (χ2v) is 6.44. The van der Waals surface area contributed by atoms with Crippen LogP contribution in [-0.2, 0) is 20.8 Å². The fourth-order valence-electron chi connectivity index (χ4n) is 3.06. The van der Waals surface area contributed by atoms with Crippen molar-refractivity contribution >= 4 is 17.3 Å². The van der Waals surface area contributed by atoms with Crippen LogP contribution >= 0.6 is 11.3 Å². The van der Waals surface area contributed by atoms with Crippen molar-refractivity contribution < 1.29 is 32.5 Å². The SMILES string of the molecule is CO[C@@H]1CC[C@H]2[C@H]1OCCN2Cc1ccsc1.O=C(O)C(F)(F)F. The van der Waals surface area contributed by atoms with E-state index in [9.17, 15) is 13.2 Å². The van der Waals surface area contributed by atoms with Crippen LogP contribution in [0.4, 0.5) is 13.2 Å². The van der Waals surface area contributed by atoms with E-state index in [1.165, 1.54) is 12.0 Å². The van der Waals surface area contributed by atoms with Gasteiger partial charge >= 0.3 is 12.1 Å². The zero-order valence-corrected chi connectivity index (χ0v) is 14.0. The highest BCUT2D eigenvalue weighted by molar-refractivity contribution is 7.07. The van der Waals surface area contributed by atoms with E-state index in [4.69, 9.17) is 19.4 Å². The fraction of sp³-hybridized carbons (Fsp3) is 0.667. The summed E-state index contributed by atoms with van der Waals surface area (Å²) in [5.74, 6) is -2.76. The van der Waals surface area contributed by atoms with E-state index in [-0.39, 0.29) is 6.10 Å². The number of fused-ring (bicyclic) bond motifs is 1. The Kier molecular flexibility index (Phi) is 6.62. The highest BCUT2D eigenvalue weighted by atomic mass is 32.1. The Morgan fingerprint density at radius 1 is 1.50 bits per heavy atom. The van der Waals surface area contributed by atoms with Gasteiger partial charge in [0.2, 0.25) is 0 Å². The minimum atomic E-state index is -5.08. The maximum Gasteiger partial charge on any atom is 0.490 e. The number of alkyl halides is 3. The average molecular weight is 367 g/mol. The molecule has 1 N–H and O–H groups in total. The number of hydrogen-bond donors (Lipinski definition) is 1. The Balaban J connectivity index is 0.000000256. The molecule has 1 aliphatic carbocycles. The van der Waals surface area contributed by atoms with Crippen molar-refractivity contribution in [3.05, 3.63) is 22.4 Å². The first-order valence-corrected chi connectivity index (χ1v) is 8.47. The second kappa shape index (κ2) is 8.28. The van der Waals surface area contributed by atoms with Gasteiger partial charge in [-0.1, -0.05) is 0 Å². The van der Waals surface area contributed by atoms with Gasteiger partial charge in [0.05, 0.1) is 18.8 Å². The van der Waals surface area contributed by atoms with Gasteiger partial charge < -0.3 is 14.6 Å². The standard InChI is InChI=1S/C13H19NO2S.C2HF3O2/c1-15-12-3-2-11-13(12)16-6-5-14(11)8-10-4-7-17-9-10;3-2(4,5)1(6)7/h4,7,9,11-13H,2-3,5-6,8H2,1H3;(H,6,7)/t11-,12+,13+;/m0./s1. The molecule has 0 unspecified atom stereocenters. The van der Waals surface area contributed by atoms with E-state index in [1.807, 2.05) is 0 Å². The number of thiophene rings is 1. The average Bonchev–Trinajstić information content (AvgIpc) is 3.16. The molecule has 24 heavy (non-hydrogen) atoms. The number of aliphatic carboxylic acids is 1. The minimum absolute atomic E-state index is 0.285. The van der Waals surface area contributed by atoms with E-state index in [0.29, 0.717) is 12.1 Å². The van der Waals surface area contributed by atoms with E-state index in [0.717, 1.165) is 26.1 Å². The number of morpholine rings is 1. The topological polar surface area (TPSA) is 59.0 Å². The number of methoxy groups -OCH3 is 1. The van der Waals surface area contributed by atoms with E-state index in [2.05, 4.69) is 21.7 Å². The number of halogens is 3. The fourth-order valence-corrected chi connectivity index (χ4v) is 3.72. The van der Waals surface area contributed by atoms with Crippen molar-refractivity contribution in [1.29, 1.82) is 0 Å². The lowest BCUT2D eigenvalue weighted by Crippen LogP contribution is -2.51. The van der Waals surface area contributed by atoms with Crippen LogP contribution in [0.25, 0.3) is 0 Å². The number of carboxylic acids is 1. The molecule has 3 atom stereocenters. The quantitative estimate of drug-likeness (QED) is 0.890. The summed E-state index contributed by atoms with van der Waals surface area (Å²) in [7, 11) is 1.80. The van der Waals surface area contributed by atoms with Crippen molar-refractivity contribution in [3.63, 3.8) is 0 Å². The predicted molar refractivity (Wildman–Crippen MR) is 82.0 cm³/mol. The maximum absolute atomic E-state index is 10.6. The monoisotopic (exact) mass is 367 g/mol. The second-order valence-electron chi connectivity index (χ2n) is 5.66. The van der Waals surface area contributed by atoms with Gasteiger partial charge in [-0.2, -0.15) is 24.5 Å². The Morgan fingerprint density at radius 2 is 2.21 bits per heavy atom. The number of hydrogen-bond acceptors (Lipinski definition) is 5. The lowest BCUT2D eigenvalue weighted by Gasteiger charge is -2.38. The first kappa shape index (κ1) is 19.2. The predicted octanol–water partition coefficient (Wildman–Crippen LogP) is 2.76. The molecule has 136 valence electrons. The lowest BCUT2D eigenvalue weighted by atomic mass is 10.1. The van der Waals surface area contributed by atoms with Crippen LogP contribution in [-0.4, -0.2) is 60.7 Å². The Morgan fingerprint density at radius 3 is 2.75 bits per heavy atom. The summed E-state index contributed by atoms with van der Waals surface area (Å²) < 4.78 is 43.1. The molecule has 5 nitrogen and oxygen atoms in total. The van der Waals surface area contributed by atoms with Crippen LogP contribution in [0.2, 0.25) is 0 Å². The molecule has 3 rings (SSSR count). The molecular weight excluding hydrogens is 347 g/mol. The number of nitrogens with zero attached hydrogens (tertiary/aromatic N) is 1. The molecule has 1 saturated heterocycles. The molecule has 0 aromatic carbocycles. The van der Waals surface area contributed by atoms with Crippen molar-refractivity contribution in [2.45, 2.75) is 43.8 Å². The first-order chi connectivity index (χ1) is 11.3. The zero-order chi connectivity index (χ0) is 17.7. The molecule has 1 aliphatic heterocycles. The molecule has 2 fully saturated rings. The summed E-state index contributed by atoms with van der Waals surface area (Å²) in [6.45, 7) is 2.95. The normalized spacial score (nSPS) is 27.2. The van der Waals surface area contributed by atoms with E-state index < -0.39 is 12.1 Å². The van der Waals surface area contributed by atoms with Crippen LogP contribution in [0.1, 0.15) is 18.4 Å². The summed E-state index contributed by atoms with van der Waals surface area (Å²) >= 11 is 1.78. The van der Waals surface area contributed by atoms with Gasteiger partial charge in [-0.25, -0.2) is 4.79 Å². The van der Waals surface area contributed by atoms with Crippen molar-refractivity contribution in [3.8, 4) is 0 Å². The highest BCUT2D eigenvalue weighted by Crippen LogP contribution is 2.32. The van der Waals surface area contributed by atoms with Gasteiger partial charge in [0, 0.05) is 26.2 Å². The smallest absolute Gasteiger partial charge is 0.475 e. The number of ether oxygens (including phenoxy) is 2. The molecule has 0 amide bonds. The summed E-state index contributed by atoms with van der Waals surface area (Å²) in [5.41, 5.74) is 1.43. The van der Waals surface area contributed by atoms with Crippen molar-refractivity contribution in [2.75, 3.05) is 20.3 Å². The summed E-state index contributed by atoms with van der Waals surface area (Å²) in [5, 5.41) is 11.5. The van der Waals surface area contributed by atoms with Gasteiger partial charge in [0.15, 0.2) is 0 Å². The number of carboxylic acid groups (broad SMARTS) is 1. The van der Waals surface area contributed by atoms with E-state index >= 15 is 0 Å². The van der Waals surface area contributed by atoms with Crippen LogP contribution < -0.4 is 0 Å². The van der Waals surface area contributed by atoms with E-state index in [1.54, 1.807) is 18.4 Å². The third-order valence-corrected chi connectivity index (χ3v) is 4.89. The highest BCUT2D eigenvalue weighted by Gasteiger charge is 2.42. The van der Waals surface area contributed by atoms with Crippen molar-refractivity contribution in [2.24, 2.45) is 0 Å². The molecule has 0 spiro atoms. The van der Waals surface area contributed by atoms with Crippen LogP contribution in [0.3, 0.4) is 0 Å². The minimum Gasteiger partial charge on any atom is -0.475 e. The third kappa shape index (κ3) is 4.92. The lowest BCUT2D eigenvalue weighted by molar-refractivity contribution is -0.192. The third-order valence-electron chi connectivity index (χ3n) is 4.16. The number of rotatable bonds is 3. The zero-order valence-electron chi connectivity index (χ0n) is 13.2. The van der Waals surface area contributed by atoms with Crippen LogP contribution in [0.15, 0.2) is 16.8 Å². The van der Waals surface area contributed by atoms with Gasteiger partial charge in [0.25, 0.3) is 0 Å². The molecule has 9 heteroatoms. The molecule has 2 aliphatic rings. The van der Waals surface area contributed by atoms with Gasteiger partial charge in [-0.15, -0.1) is 0 Å². The Labute approximate surface area is 142 Å². The molecule has 2 heterocycles. The molecule has 0 radical (unpaired) electrons. The van der Waals surface area contributed by atoms with Crippen molar-refractivity contribution in [1.82, 2.24) is 4.90 Å². The maximum atomic E-state index is 10.6. The molecular formula is C15H20F3NO4S. The summed E-state index contributed by atoms with van der Waals surface area (Å²) in [4.78, 5) is 11.5. The van der Waals surface area contributed by atoms with Crippen LogP contribution in [0.5, 0.6) is 0 Å². The molecule has 1 aromatic heterocycles. The summed E-state index contributed by atoms with van der Waals surface area (Å²) in [6, 6.07) is 2.77. The van der Waals surface area contributed by atoms with Gasteiger partial charge in [0.1, 0.15) is 0 Å². The van der Waals surface area contributed by atoms with Gasteiger partial charge in [-0.05, 0) is 35.2 Å². The summed E-state index contributed by atoms with van der Waals surface area (Å²) in [6.07, 6.45) is -2.17. The Bertz CT molecular complexity index is 523. The first-order valence-electron chi connectivity index (χ1n) is 7.52. The Hall–Kier alpha value is -1.16. The molecule has 0 bridgehead atoms. The van der Waals surface area contributed by atoms with Crippen LogP contribution in [0, 0.1) is 0 Å². The largest absolute Gasteiger partial charge is 0.490 e.